The molecule has 0 aliphatic carbocycles. The van der Waals surface area contributed by atoms with Gasteiger partial charge in [0.1, 0.15) is 17.0 Å². The van der Waals surface area contributed by atoms with Crippen molar-refractivity contribution in [2.24, 2.45) is 0 Å². The van der Waals surface area contributed by atoms with Crippen molar-refractivity contribution in [2.45, 2.75) is 13.0 Å². The van der Waals surface area contributed by atoms with Crippen LogP contribution in [-0.4, -0.2) is 31.8 Å². The number of rotatable bonds is 4. The normalized spacial score (nSPS) is 10.9. The fraction of sp³-hybridized carbons (Fsp3) is 0.231. The molecule has 3 rings (SSSR count). The predicted octanol–water partition coefficient (Wildman–Crippen LogP) is 0.348. The van der Waals surface area contributed by atoms with Gasteiger partial charge in [0.15, 0.2) is 0 Å². The van der Waals surface area contributed by atoms with Crippen LogP contribution in [0.2, 0.25) is 0 Å². The van der Waals surface area contributed by atoms with Crippen LogP contribution in [0.15, 0.2) is 29.3 Å². The van der Waals surface area contributed by atoms with Gasteiger partial charge in [-0.05, 0) is 12.1 Å². The standard InChI is InChI=1S/C13H14N6O2/c1-21-9-4-2-3-8-11(9)12(20)19(7-15-8)6-5-10-16-13(14)18-17-10/h2-4,7H,5-6H2,1H3,(H3,14,16,17,18). The van der Waals surface area contributed by atoms with E-state index in [9.17, 15) is 4.79 Å². The van der Waals surface area contributed by atoms with Crippen LogP contribution in [0, 0.1) is 0 Å². The largest absolute Gasteiger partial charge is 0.496 e. The number of anilines is 1. The van der Waals surface area contributed by atoms with Crippen molar-refractivity contribution in [1.29, 1.82) is 0 Å². The van der Waals surface area contributed by atoms with E-state index in [0.717, 1.165) is 0 Å². The molecule has 0 radical (unpaired) electrons. The molecule has 3 N–H and O–H groups in total. The smallest absolute Gasteiger partial charge is 0.264 e. The summed E-state index contributed by atoms with van der Waals surface area (Å²) in [6, 6.07) is 5.32. The highest BCUT2D eigenvalue weighted by Gasteiger charge is 2.10. The summed E-state index contributed by atoms with van der Waals surface area (Å²) >= 11 is 0. The number of ether oxygens (including phenoxy) is 1. The Bertz CT molecular complexity index is 838. The number of hydrogen-bond donors (Lipinski definition) is 2. The van der Waals surface area contributed by atoms with Gasteiger partial charge in [0.25, 0.3) is 5.56 Å². The predicted molar refractivity (Wildman–Crippen MR) is 77.1 cm³/mol. The van der Waals surface area contributed by atoms with Gasteiger partial charge in [0.05, 0.1) is 19.0 Å². The first-order valence-electron chi connectivity index (χ1n) is 6.38. The van der Waals surface area contributed by atoms with Crippen LogP contribution in [0.1, 0.15) is 5.82 Å². The third kappa shape index (κ3) is 2.42. The van der Waals surface area contributed by atoms with Gasteiger partial charge >= 0.3 is 0 Å². The lowest BCUT2D eigenvalue weighted by molar-refractivity contribution is 0.419. The van der Waals surface area contributed by atoms with Crippen molar-refractivity contribution in [3.05, 3.63) is 40.7 Å². The number of nitrogen functional groups attached to an aromatic ring is 1. The fourth-order valence-corrected chi connectivity index (χ4v) is 2.15. The summed E-state index contributed by atoms with van der Waals surface area (Å²) in [4.78, 5) is 20.8. The number of methoxy groups -OCH3 is 1. The van der Waals surface area contributed by atoms with Crippen molar-refractivity contribution < 1.29 is 4.74 Å². The highest BCUT2D eigenvalue weighted by molar-refractivity contribution is 5.83. The average molecular weight is 286 g/mol. The van der Waals surface area contributed by atoms with Crippen molar-refractivity contribution in [3.8, 4) is 5.75 Å². The Morgan fingerprint density at radius 1 is 1.43 bits per heavy atom. The van der Waals surface area contributed by atoms with E-state index in [1.807, 2.05) is 0 Å². The Morgan fingerprint density at radius 2 is 2.29 bits per heavy atom. The maximum atomic E-state index is 12.5. The average Bonchev–Trinajstić information content (AvgIpc) is 2.91. The van der Waals surface area contributed by atoms with Crippen LogP contribution in [0.25, 0.3) is 10.9 Å². The van der Waals surface area contributed by atoms with Crippen molar-refractivity contribution in [3.63, 3.8) is 0 Å². The van der Waals surface area contributed by atoms with Crippen LogP contribution in [0.3, 0.4) is 0 Å². The molecular weight excluding hydrogens is 272 g/mol. The molecule has 0 spiro atoms. The first kappa shape index (κ1) is 13.1. The second-order valence-electron chi connectivity index (χ2n) is 4.49. The van der Waals surface area contributed by atoms with Gasteiger partial charge in [-0.3, -0.25) is 14.5 Å². The van der Waals surface area contributed by atoms with Crippen LogP contribution < -0.4 is 16.0 Å². The zero-order valence-corrected chi connectivity index (χ0v) is 11.4. The van der Waals surface area contributed by atoms with E-state index in [0.29, 0.717) is 35.4 Å². The van der Waals surface area contributed by atoms with E-state index in [1.54, 1.807) is 18.2 Å². The summed E-state index contributed by atoms with van der Waals surface area (Å²) in [6.07, 6.45) is 2.02. The number of fused-ring (bicyclic) bond motifs is 1. The molecule has 2 aromatic heterocycles. The van der Waals surface area contributed by atoms with E-state index in [-0.39, 0.29) is 11.5 Å². The Hall–Kier alpha value is -2.90. The topological polar surface area (TPSA) is 112 Å². The van der Waals surface area contributed by atoms with Crippen LogP contribution >= 0.6 is 0 Å². The van der Waals surface area contributed by atoms with Crippen LogP contribution in [-0.2, 0) is 13.0 Å². The zero-order valence-electron chi connectivity index (χ0n) is 11.4. The van der Waals surface area contributed by atoms with E-state index in [4.69, 9.17) is 10.5 Å². The van der Waals surface area contributed by atoms with E-state index >= 15 is 0 Å². The second-order valence-corrected chi connectivity index (χ2v) is 4.49. The number of nitrogens with zero attached hydrogens (tertiary/aromatic N) is 4. The maximum absolute atomic E-state index is 12.5. The van der Waals surface area contributed by atoms with Crippen molar-refractivity contribution in [1.82, 2.24) is 24.7 Å². The molecule has 8 heteroatoms. The first-order valence-corrected chi connectivity index (χ1v) is 6.38. The number of aryl methyl sites for hydroxylation is 2. The Morgan fingerprint density at radius 3 is 3.00 bits per heavy atom. The number of aromatic amines is 1. The molecule has 0 bridgehead atoms. The molecule has 1 aromatic carbocycles. The highest BCUT2D eigenvalue weighted by Crippen LogP contribution is 2.19. The third-order valence-corrected chi connectivity index (χ3v) is 3.17. The molecule has 3 aromatic rings. The highest BCUT2D eigenvalue weighted by atomic mass is 16.5. The molecule has 2 heterocycles. The number of H-pyrrole nitrogens is 1. The second kappa shape index (κ2) is 5.23. The summed E-state index contributed by atoms with van der Waals surface area (Å²) in [7, 11) is 1.53. The third-order valence-electron chi connectivity index (χ3n) is 3.17. The molecule has 8 nitrogen and oxygen atoms in total. The molecule has 0 aliphatic heterocycles. The van der Waals surface area contributed by atoms with Gasteiger partial charge in [-0.2, -0.15) is 4.98 Å². The van der Waals surface area contributed by atoms with Crippen LogP contribution in [0.5, 0.6) is 5.75 Å². The van der Waals surface area contributed by atoms with Crippen molar-refractivity contribution >= 4 is 16.9 Å². The molecule has 0 saturated carbocycles. The lowest BCUT2D eigenvalue weighted by Crippen LogP contribution is -2.22. The molecule has 0 saturated heterocycles. The van der Waals surface area contributed by atoms with E-state index in [1.165, 1.54) is 18.0 Å². The van der Waals surface area contributed by atoms with Gasteiger partial charge in [-0.1, -0.05) is 6.07 Å². The number of aromatic nitrogens is 5. The number of nitrogens with two attached hydrogens (primary N) is 1. The van der Waals surface area contributed by atoms with Gasteiger partial charge < -0.3 is 10.5 Å². The van der Waals surface area contributed by atoms with Gasteiger partial charge in [0.2, 0.25) is 5.95 Å². The Balaban J connectivity index is 1.96. The molecule has 21 heavy (non-hydrogen) atoms. The number of benzene rings is 1. The molecule has 0 fully saturated rings. The zero-order chi connectivity index (χ0) is 14.8. The lowest BCUT2D eigenvalue weighted by Gasteiger charge is -2.08. The van der Waals surface area contributed by atoms with E-state index in [2.05, 4.69) is 20.2 Å². The van der Waals surface area contributed by atoms with Crippen molar-refractivity contribution in [2.75, 3.05) is 12.8 Å². The molecular formula is C13H14N6O2. The molecule has 0 aliphatic rings. The Labute approximate surface area is 119 Å². The summed E-state index contributed by atoms with van der Waals surface area (Å²) in [5.74, 6) is 1.33. The molecule has 0 atom stereocenters. The minimum atomic E-state index is -0.148. The Kier molecular flexibility index (Phi) is 3.27. The quantitative estimate of drug-likeness (QED) is 0.715. The lowest BCUT2D eigenvalue weighted by atomic mass is 10.2. The molecule has 108 valence electrons. The maximum Gasteiger partial charge on any atom is 0.264 e. The van der Waals surface area contributed by atoms with Gasteiger partial charge in [-0.25, -0.2) is 4.98 Å². The number of hydrogen-bond acceptors (Lipinski definition) is 6. The summed E-state index contributed by atoms with van der Waals surface area (Å²) in [5, 5.41) is 6.93. The summed E-state index contributed by atoms with van der Waals surface area (Å²) in [5.41, 5.74) is 5.90. The monoisotopic (exact) mass is 286 g/mol. The first-order chi connectivity index (χ1) is 10.2. The minimum Gasteiger partial charge on any atom is -0.496 e. The van der Waals surface area contributed by atoms with E-state index < -0.39 is 0 Å². The number of nitrogens with one attached hydrogen (secondary N) is 1. The van der Waals surface area contributed by atoms with Gasteiger partial charge in [-0.15, -0.1) is 5.10 Å². The minimum absolute atomic E-state index is 0.148. The molecule has 0 unspecified atom stereocenters. The summed E-state index contributed by atoms with van der Waals surface area (Å²) in [6.45, 7) is 0.425. The fourth-order valence-electron chi connectivity index (χ4n) is 2.15. The van der Waals surface area contributed by atoms with Crippen LogP contribution in [0.4, 0.5) is 5.95 Å². The molecule has 0 amide bonds. The SMILES string of the molecule is COc1cccc2ncn(CCc3nc(N)n[nH]3)c(=O)c12. The van der Waals surface area contributed by atoms with Gasteiger partial charge in [0, 0.05) is 13.0 Å². The summed E-state index contributed by atoms with van der Waals surface area (Å²) < 4.78 is 6.75.